The minimum atomic E-state index is -1.15. The predicted molar refractivity (Wildman–Crippen MR) is 160 cm³/mol. The van der Waals surface area contributed by atoms with Gasteiger partial charge in [0.25, 0.3) is 0 Å². The second kappa shape index (κ2) is 16.0. The predicted octanol–water partition coefficient (Wildman–Crippen LogP) is 5.78. The molecule has 0 bridgehead atoms. The van der Waals surface area contributed by atoms with Crippen molar-refractivity contribution in [2.75, 3.05) is 6.61 Å². The highest BCUT2D eigenvalue weighted by molar-refractivity contribution is 5.64. The molecule has 2 N–H and O–H groups in total. The molecule has 5 rings (SSSR count). The molecule has 1 saturated heterocycles. The molecule has 224 valence electrons. The smallest absolute Gasteiger partial charge is 0.406 e. The lowest BCUT2D eigenvalue weighted by atomic mass is 9.97. The van der Waals surface area contributed by atoms with E-state index in [-0.39, 0.29) is 19.8 Å². The number of amides is 1. The highest BCUT2D eigenvalue weighted by Gasteiger charge is 2.50. The molecule has 43 heavy (non-hydrogen) atoms. The van der Waals surface area contributed by atoms with Gasteiger partial charge in [-0.3, -0.25) is 0 Å². The van der Waals surface area contributed by atoms with Crippen molar-refractivity contribution in [3.05, 3.63) is 144 Å². The third-order valence-corrected chi connectivity index (χ3v) is 7.07. The number of nitrogens with two attached hydrogens (primary N) is 1. The molecule has 0 radical (unpaired) electrons. The van der Waals surface area contributed by atoms with Crippen molar-refractivity contribution in [1.82, 2.24) is 0 Å². The summed E-state index contributed by atoms with van der Waals surface area (Å²) in [7, 11) is 0. The highest BCUT2D eigenvalue weighted by atomic mass is 16.7. The van der Waals surface area contributed by atoms with Gasteiger partial charge in [0.15, 0.2) is 0 Å². The van der Waals surface area contributed by atoms with E-state index in [9.17, 15) is 4.79 Å². The van der Waals surface area contributed by atoms with Crippen LogP contribution in [-0.4, -0.2) is 43.4 Å². The van der Waals surface area contributed by atoms with E-state index in [2.05, 4.69) is 0 Å². The van der Waals surface area contributed by atoms with Gasteiger partial charge >= 0.3 is 6.09 Å². The topological polar surface area (TPSA) is 98.5 Å². The molecule has 1 fully saturated rings. The number of hydrogen-bond acceptors (Lipinski definition) is 7. The van der Waals surface area contributed by atoms with E-state index >= 15 is 0 Å². The van der Waals surface area contributed by atoms with E-state index in [1.807, 2.05) is 121 Å². The molecule has 5 atom stereocenters. The van der Waals surface area contributed by atoms with Crippen LogP contribution in [0.5, 0.6) is 0 Å². The van der Waals surface area contributed by atoms with Crippen LogP contribution in [0.3, 0.4) is 0 Å². The van der Waals surface area contributed by atoms with Crippen LogP contribution >= 0.6 is 0 Å². The van der Waals surface area contributed by atoms with Crippen LogP contribution in [0.2, 0.25) is 0 Å². The Morgan fingerprint density at radius 1 is 0.558 bits per heavy atom. The Bertz CT molecular complexity index is 1360. The fraction of sp³-hybridized carbons (Fsp3) is 0.286. The molecule has 0 aliphatic carbocycles. The van der Waals surface area contributed by atoms with Gasteiger partial charge in [0.05, 0.1) is 33.0 Å². The van der Waals surface area contributed by atoms with E-state index < -0.39 is 36.8 Å². The van der Waals surface area contributed by atoms with Crippen molar-refractivity contribution in [2.45, 2.75) is 57.1 Å². The fourth-order valence-corrected chi connectivity index (χ4v) is 4.96. The molecule has 0 saturated carbocycles. The van der Waals surface area contributed by atoms with E-state index in [0.717, 1.165) is 22.3 Å². The van der Waals surface area contributed by atoms with Crippen LogP contribution in [0.1, 0.15) is 22.3 Å². The normalized spacial score (nSPS) is 21.7. The molecule has 0 unspecified atom stereocenters. The van der Waals surface area contributed by atoms with Crippen molar-refractivity contribution in [3.63, 3.8) is 0 Å². The van der Waals surface area contributed by atoms with Gasteiger partial charge in [0.2, 0.25) is 6.29 Å². The first kappa shape index (κ1) is 30.4. The SMILES string of the molecule is NC(=O)O[C@H]1O[C@H](COCc2ccccc2)[C@@H](OCc2ccccc2)[C@H](OCc2ccccc2)[C@H]1OCc1ccccc1. The zero-order chi connectivity index (χ0) is 29.7. The van der Waals surface area contributed by atoms with Gasteiger partial charge in [-0.05, 0) is 22.3 Å². The second-order valence-corrected chi connectivity index (χ2v) is 10.3. The van der Waals surface area contributed by atoms with Crippen molar-refractivity contribution in [2.24, 2.45) is 5.73 Å². The molecule has 1 amide bonds. The molecule has 8 heteroatoms. The maximum atomic E-state index is 12.0. The molecule has 1 aliphatic rings. The van der Waals surface area contributed by atoms with Crippen LogP contribution in [0.25, 0.3) is 0 Å². The number of benzene rings is 4. The number of ether oxygens (including phenoxy) is 6. The molecule has 4 aromatic rings. The molecule has 1 aliphatic heterocycles. The van der Waals surface area contributed by atoms with Crippen molar-refractivity contribution in [1.29, 1.82) is 0 Å². The first-order valence-electron chi connectivity index (χ1n) is 14.4. The fourth-order valence-electron chi connectivity index (χ4n) is 4.96. The summed E-state index contributed by atoms with van der Waals surface area (Å²) in [5.41, 5.74) is 9.42. The summed E-state index contributed by atoms with van der Waals surface area (Å²) < 4.78 is 37.4. The molecule has 0 aromatic heterocycles. The molecule has 8 nitrogen and oxygen atoms in total. The average molecular weight is 584 g/mol. The van der Waals surface area contributed by atoms with Crippen molar-refractivity contribution >= 4 is 6.09 Å². The van der Waals surface area contributed by atoms with Gasteiger partial charge in [-0.25, -0.2) is 4.79 Å². The summed E-state index contributed by atoms with van der Waals surface area (Å²) in [5, 5.41) is 0. The van der Waals surface area contributed by atoms with E-state index in [1.54, 1.807) is 0 Å². The molecular weight excluding hydrogens is 546 g/mol. The lowest BCUT2D eigenvalue weighted by Gasteiger charge is -2.45. The van der Waals surface area contributed by atoms with Gasteiger partial charge in [-0.1, -0.05) is 121 Å². The van der Waals surface area contributed by atoms with Crippen molar-refractivity contribution in [3.8, 4) is 0 Å². The summed E-state index contributed by atoms with van der Waals surface area (Å²) in [4.78, 5) is 12.0. The van der Waals surface area contributed by atoms with Crippen LogP contribution in [0, 0.1) is 0 Å². The van der Waals surface area contributed by atoms with Gasteiger partial charge in [0.1, 0.15) is 24.4 Å². The molecular formula is C35H37NO7. The van der Waals surface area contributed by atoms with Crippen LogP contribution in [0.4, 0.5) is 4.79 Å². The molecule has 4 aromatic carbocycles. The van der Waals surface area contributed by atoms with Crippen molar-refractivity contribution < 1.29 is 33.2 Å². The minimum Gasteiger partial charge on any atom is -0.417 e. The Morgan fingerprint density at radius 3 is 1.40 bits per heavy atom. The number of rotatable bonds is 14. The number of carbonyl (C=O) groups excluding carboxylic acids is 1. The molecule has 0 spiro atoms. The maximum Gasteiger partial charge on any atom is 0.406 e. The van der Waals surface area contributed by atoms with Gasteiger partial charge in [-0.2, -0.15) is 0 Å². The zero-order valence-corrected chi connectivity index (χ0v) is 23.9. The Kier molecular flexibility index (Phi) is 11.3. The number of carbonyl (C=O) groups is 1. The first-order valence-corrected chi connectivity index (χ1v) is 14.4. The first-order chi connectivity index (χ1) is 21.2. The maximum absolute atomic E-state index is 12.0. The third kappa shape index (κ3) is 9.22. The van der Waals surface area contributed by atoms with Crippen LogP contribution < -0.4 is 5.73 Å². The van der Waals surface area contributed by atoms with E-state index in [4.69, 9.17) is 34.2 Å². The molecule has 1 heterocycles. The summed E-state index contributed by atoms with van der Waals surface area (Å²) >= 11 is 0. The Balaban J connectivity index is 1.42. The Labute approximate surface area is 252 Å². The van der Waals surface area contributed by atoms with Gasteiger partial charge in [0, 0.05) is 0 Å². The number of hydrogen-bond donors (Lipinski definition) is 1. The second-order valence-electron chi connectivity index (χ2n) is 10.3. The Morgan fingerprint density at radius 2 is 0.953 bits per heavy atom. The quantitative estimate of drug-likeness (QED) is 0.201. The van der Waals surface area contributed by atoms with Gasteiger partial charge < -0.3 is 34.2 Å². The summed E-state index contributed by atoms with van der Waals surface area (Å²) in [6.45, 7) is 1.35. The van der Waals surface area contributed by atoms with Crippen LogP contribution in [0.15, 0.2) is 121 Å². The Hall–Kier alpha value is -4.05. The zero-order valence-electron chi connectivity index (χ0n) is 23.9. The summed E-state index contributed by atoms with van der Waals surface area (Å²) in [6.07, 6.45) is -4.96. The van der Waals surface area contributed by atoms with E-state index in [0.29, 0.717) is 13.2 Å². The largest absolute Gasteiger partial charge is 0.417 e. The lowest BCUT2D eigenvalue weighted by Crippen LogP contribution is -2.62. The number of primary amides is 1. The standard InChI is InChI=1S/C35H37NO7/c36-35(37)43-34-33(41-24-29-19-11-4-12-20-29)32(40-23-28-17-9-3-10-18-28)31(39-22-27-15-7-2-8-16-27)30(42-34)25-38-21-26-13-5-1-6-14-26/h1-20,30-34H,21-25H2,(H2,36,37)/t30-,31-,32+,33-,34-/m1/s1. The summed E-state index contributed by atoms with van der Waals surface area (Å²) in [6, 6.07) is 39.3. The third-order valence-electron chi connectivity index (χ3n) is 7.07. The lowest BCUT2D eigenvalue weighted by molar-refractivity contribution is -0.315. The van der Waals surface area contributed by atoms with Gasteiger partial charge in [-0.15, -0.1) is 0 Å². The van der Waals surface area contributed by atoms with E-state index in [1.165, 1.54) is 0 Å². The average Bonchev–Trinajstić information content (AvgIpc) is 3.04. The monoisotopic (exact) mass is 583 g/mol. The minimum absolute atomic E-state index is 0.156. The highest BCUT2D eigenvalue weighted by Crippen LogP contribution is 2.31. The summed E-state index contributed by atoms with van der Waals surface area (Å²) in [5.74, 6) is 0. The van der Waals surface area contributed by atoms with Crippen LogP contribution in [-0.2, 0) is 54.8 Å².